The van der Waals surface area contributed by atoms with Gasteiger partial charge in [-0.1, -0.05) is 22.0 Å². The summed E-state index contributed by atoms with van der Waals surface area (Å²) in [6.45, 7) is 7.77. The van der Waals surface area contributed by atoms with Gasteiger partial charge in [-0.05, 0) is 30.2 Å². The van der Waals surface area contributed by atoms with Crippen LogP contribution >= 0.6 is 15.9 Å². The molecule has 1 saturated heterocycles. The molecule has 0 spiro atoms. The summed E-state index contributed by atoms with van der Waals surface area (Å²) >= 11 is 3.52. The van der Waals surface area contributed by atoms with Crippen molar-refractivity contribution in [2.24, 2.45) is 0 Å². The highest BCUT2D eigenvalue weighted by Gasteiger charge is 2.23. The number of halogens is 2. The number of nitrogens with zero attached hydrogens (tertiary/aromatic N) is 1. The van der Waals surface area contributed by atoms with Crippen molar-refractivity contribution < 1.29 is 4.39 Å². The molecule has 0 aromatic heterocycles. The summed E-state index contributed by atoms with van der Waals surface area (Å²) in [6, 6.07) is 5.09. The average molecular weight is 313 g/mol. The second kappa shape index (κ2) is 6.45. The summed E-state index contributed by atoms with van der Waals surface area (Å²) in [5.41, 5.74) is 1.01. The third-order valence-electron chi connectivity index (χ3n) is 3.30. The molecule has 2 rings (SSSR count). The second-order valence-corrected chi connectivity index (χ2v) is 5.35. The van der Waals surface area contributed by atoms with E-state index in [-0.39, 0.29) is 11.9 Å². The average Bonchev–Trinajstić information content (AvgIpc) is 2.40. The molecular formula is C14H18BrFN2. The number of rotatable bonds is 4. The van der Waals surface area contributed by atoms with Crippen LogP contribution in [0.2, 0.25) is 0 Å². The molecule has 1 aliphatic rings. The van der Waals surface area contributed by atoms with Gasteiger partial charge >= 0.3 is 0 Å². The van der Waals surface area contributed by atoms with Gasteiger partial charge in [0.1, 0.15) is 5.82 Å². The fourth-order valence-corrected chi connectivity index (χ4v) is 2.91. The first-order valence-electron chi connectivity index (χ1n) is 6.23. The molecule has 1 N–H and O–H groups in total. The maximum absolute atomic E-state index is 13.4. The molecule has 1 atom stereocenters. The van der Waals surface area contributed by atoms with Crippen molar-refractivity contribution in [3.8, 4) is 0 Å². The highest BCUT2D eigenvalue weighted by Crippen LogP contribution is 2.31. The highest BCUT2D eigenvalue weighted by atomic mass is 79.9. The third-order valence-corrected chi connectivity index (χ3v) is 4.02. The van der Waals surface area contributed by atoms with Gasteiger partial charge in [-0.3, -0.25) is 4.90 Å². The lowest BCUT2D eigenvalue weighted by atomic mass is 10.0. The van der Waals surface area contributed by atoms with E-state index in [1.807, 2.05) is 6.08 Å². The number of benzene rings is 1. The summed E-state index contributed by atoms with van der Waals surface area (Å²) in [4.78, 5) is 2.39. The van der Waals surface area contributed by atoms with E-state index in [2.05, 4.69) is 32.7 Å². The molecule has 98 valence electrons. The van der Waals surface area contributed by atoms with Crippen LogP contribution in [0.25, 0.3) is 0 Å². The first-order valence-corrected chi connectivity index (χ1v) is 7.02. The van der Waals surface area contributed by atoms with E-state index >= 15 is 0 Å². The van der Waals surface area contributed by atoms with E-state index in [1.54, 1.807) is 12.1 Å². The Morgan fingerprint density at radius 1 is 1.44 bits per heavy atom. The SMILES string of the molecule is C=CC[C@H](c1cc(F)ccc1Br)N1CCNCC1. The molecule has 1 heterocycles. The summed E-state index contributed by atoms with van der Waals surface area (Å²) in [5.74, 6) is -0.183. The number of piperazine rings is 1. The molecule has 0 bridgehead atoms. The Hall–Kier alpha value is -0.710. The van der Waals surface area contributed by atoms with Gasteiger partial charge in [-0.2, -0.15) is 0 Å². The van der Waals surface area contributed by atoms with Gasteiger partial charge in [-0.15, -0.1) is 6.58 Å². The molecule has 1 aliphatic heterocycles. The maximum Gasteiger partial charge on any atom is 0.123 e. The number of hydrogen-bond acceptors (Lipinski definition) is 2. The first kappa shape index (κ1) is 13.7. The molecular weight excluding hydrogens is 295 g/mol. The number of nitrogens with one attached hydrogen (secondary N) is 1. The molecule has 4 heteroatoms. The lowest BCUT2D eigenvalue weighted by Crippen LogP contribution is -2.45. The van der Waals surface area contributed by atoms with Crippen molar-refractivity contribution in [2.75, 3.05) is 26.2 Å². The highest BCUT2D eigenvalue weighted by molar-refractivity contribution is 9.10. The third kappa shape index (κ3) is 3.19. The molecule has 1 fully saturated rings. The van der Waals surface area contributed by atoms with Crippen molar-refractivity contribution in [2.45, 2.75) is 12.5 Å². The minimum Gasteiger partial charge on any atom is -0.314 e. The molecule has 1 aromatic rings. The molecule has 18 heavy (non-hydrogen) atoms. The maximum atomic E-state index is 13.4. The fraction of sp³-hybridized carbons (Fsp3) is 0.429. The fourth-order valence-electron chi connectivity index (χ4n) is 2.39. The standard InChI is InChI=1S/C14H18BrFN2/c1-2-3-14(18-8-6-17-7-9-18)12-10-11(16)4-5-13(12)15/h2,4-5,10,14,17H,1,3,6-9H2/t14-/m1/s1. The molecule has 0 unspecified atom stereocenters. The zero-order valence-corrected chi connectivity index (χ0v) is 11.9. The largest absolute Gasteiger partial charge is 0.314 e. The summed E-state index contributed by atoms with van der Waals surface area (Å²) < 4.78 is 14.4. The van der Waals surface area contributed by atoms with E-state index < -0.39 is 0 Å². The monoisotopic (exact) mass is 312 g/mol. The Morgan fingerprint density at radius 3 is 2.83 bits per heavy atom. The minimum absolute atomic E-state index is 0.183. The van der Waals surface area contributed by atoms with Gasteiger partial charge in [0.15, 0.2) is 0 Å². The molecule has 0 amide bonds. The van der Waals surface area contributed by atoms with Crippen LogP contribution in [-0.2, 0) is 0 Å². The molecule has 0 aliphatic carbocycles. The van der Waals surface area contributed by atoms with Crippen molar-refractivity contribution in [1.82, 2.24) is 10.2 Å². The Labute approximate surface area is 116 Å². The van der Waals surface area contributed by atoms with Gasteiger partial charge < -0.3 is 5.32 Å². The van der Waals surface area contributed by atoms with Crippen LogP contribution in [0.4, 0.5) is 4.39 Å². The minimum atomic E-state index is -0.183. The van der Waals surface area contributed by atoms with Gasteiger partial charge in [0.25, 0.3) is 0 Å². The van der Waals surface area contributed by atoms with Crippen LogP contribution in [0.3, 0.4) is 0 Å². The van der Waals surface area contributed by atoms with Crippen molar-refractivity contribution in [3.63, 3.8) is 0 Å². The van der Waals surface area contributed by atoms with Crippen LogP contribution in [0.5, 0.6) is 0 Å². The molecule has 0 radical (unpaired) electrons. The van der Waals surface area contributed by atoms with Crippen LogP contribution in [0, 0.1) is 5.82 Å². The molecule has 0 saturated carbocycles. The zero-order chi connectivity index (χ0) is 13.0. The van der Waals surface area contributed by atoms with E-state index in [0.717, 1.165) is 42.6 Å². The van der Waals surface area contributed by atoms with Gasteiger partial charge in [0, 0.05) is 36.7 Å². The summed E-state index contributed by atoms with van der Waals surface area (Å²) in [7, 11) is 0. The Kier molecular flexibility index (Phi) is 4.92. The normalized spacial score (nSPS) is 18.6. The lowest BCUT2D eigenvalue weighted by molar-refractivity contribution is 0.174. The van der Waals surface area contributed by atoms with Crippen LogP contribution < -0.4 is 5.32 Å². The van der Waals surface area contributed by atoms with Crippen LogP contribution in [0.1, 0.15) is 18.0 Å². The lowest BCUT2D eigenvalue weighted by Gasteiger charge is -2.35. The van der Waals surface area contributed by atoms with Crippen molar-refractivity contribution in [1.29, 1.82) is 0 Å². The Balaban J connectivity index is 2.27. The predicted molar refractivity (Wildman–Crippen MR) is 76.1 cm³/mol. The van der Waals surface area contributed by atoms with Gasteiger partial charge in [-0.25, -0.2) is 4.39 Å². The molecule has 1 aromatic carbocycles. The predicted octanol–water partition coefficient (Wildman–Crippen LogP) is 3.11. The Bertz CT molecular complexity index is 416. The van der Waals surface area contributed by atoms with E-state index in [4.69, 9.17) is 0 Å². The second-order valence-electron chi connectivity index (χ2n) is 4.49. The zero-order valence-electron chi connectivity index (χ0n) is 10.3. The number of hydrogen-bond donors (Lipinski definition) is 1. The van der Waals surface area contributed by atoms with Crippen molar-refractivity contribution in [3.05, 3.63) is 46.7 Å². The van der Waals surface area contributed by atoms with Gasteiger partial charge in [0.05, 0.1) is 0 Å². The van der Waals surface area contributed by atoms with E-state index in [0.29, 0.717) is 0 Å². The Morgan fingerprint density at radius 2 is 2.17 bits per heavy atom. The van der Waals surface area contributed by atoms with E-state index in [9.17, 15) is 4.39 Å². The quantitative estimate of drug-likeness (QED) is 0.859. The van der Waals surface area contributed by atoms with E-state index in [1.165, 1.54) is 6.07 Å². The smallest absolute Gasteiger partial charge is 0.123 e. The van der Waals surface area contributed by atoms with Crippen LogP contribution in [0.15, 0.2) is 35.3 Å². The summed E-state index contributed by atoms with van der Waals surface area (Å²) in [6.07, 6.45) is 2.74. The summed E-state index contributed by atoms with van der Waals surface area (Å²) in [5, 5.41) is 3.34. The van der Waals surface area contributed by atoms with Crippen LogP contribution in [-0.4, -0.2) is 31.1 Å². The first-order chi connectivity index (χ1) is 8.72. The topological polar surface area (TPSA) is 15.3 Å². The molecule has 2 nitrogen and oxygen atoms in total. The van der Waals surface area contributed by atoms with Crippen molar-refractivity contribution >= 4 is 15.9 Å². The van der Waals surface area contributed by atoms with Gasteiger partial charge in [0.2, 0.25) is 0 Å².